The van der Waals surface area contributed by atoms with Gasteiger partial charge in [0.15, 0.2) is 0 Å². The number of aryl methyl sites for hydroxylation is 2. The van der Waals surface area contributed by atoms with Crippen molar-refractivity contribution in [1.82, 2.24) is 24.3 Å². The van der Waals surface area contributed by atoms with Gasteiger partial charge in [0, 0.05) is 26.2 Å². The molecule has 0 aliphatic rings. The van der Waals surface area contributed by atoms with Gasteiger partial charge in [-0.25, -0.2) is 9.78 Å². The van der Waals surface area contributed by atoms with Crippen molar-refractivity contribution in [2.45, 2.75) is 6.54 Å². The first-order chi connectivity index (χ1) is 14.6. The van der Waals surface area contributed by atoms with E-state index in [1.54, 1.807) is 29.4 Å². The third-order valence-corrected chi connectivity index (χ3v) is 5.39. The standard InChI is InChI=1S/C23H20N6O/c1-28-20-10-7-15(11-21(20)29(2)23(28)30)13-24-22-26-19(14-25-27-22)18-9-8-16-5-3-4-6-17(16)12-18/h3-12,14H,13H2,1-2H3,(H,24,26,27). The number of imidazole rings is 1. The minimum Gasteiger partial charge on any atom is -0.349 e. The summed E-state index contributed by atoms with van der Waals surface area (Å²) in [4.78, 5) is 16.7. The van der Waals surface area contributed by atoms with Gasteiger partial charge in [-0.2, -0.15) is 5.10 Å². The first kappa shape index (κ1) is 18.1. The number of nitrogens with one attached hydrogen (secondary N) is 1. The highest BCUT2D eigenvalue weighted by atomic mass is 16.1. The lowest BCUT2D eigenvalue weighted by Crippen LogP contribution is -2.19. The number of nitrogens with zero attached hydrogens (tertiary/aromatic N) is 5. The third kappa shape index (κ3) is 3.10. The molecule has 0 bridgehead atoms. The Morgan fingerprint density at radius 2 is 1.70 bits per heavy atom. The summed E-state index contributed by atoms with van der Waals surface area (Å²) in [5.74, 6) is 0.461. The van der Waals surface area contributed by atoms with Gasteiger partial charge in [0.05, 0.1) is 22.9 Å². The number of rotatable bonds is 4. The molecule has 2 heterocycles. The summed E-state index contributed by atoms with van der Waals surface area (Å²) in [6.07, 6.45) is 1.67. The van der Waals surface area contributed by atoms with Crippen LogP contribution in [-0.2, 0) is 20.6 Å². The monoisotopic (exact) mass is 396 g/mol. The Morgan fingerprint density at radius 1 is 0.900 bits per heavy atom. The minimum absolute atomic E-state index is 0.0364. The molecule has 0 spiro atoms. The molecule has 5 aromatic rings. The van der Waals surface area contributed by atoms with Crippen LogP contribution in [0.15, 0.2) is 71.7 Å². The van der Waals surface area contributed by atoms with E-state index in [0.29, 0.717) is 12.5 Å². The highest BCUT2D eigenvalue weighted by molar-refractivity contribution is 5.86. The van der Waals surface area contributed by atoms with Gasteiger partial charge in [-0.1, -0.05) is 42.5 Å². The molecule has 0 aliphatic carbocycles. The van der Waals surface area contributed by atoms with E-state index in [1.165, 1.54) is 5.39 Å². The van der Waals surface area contributed by atoms with Crippen molar-refractivity contribution in [3.63, 3.8) is 0 Å². The molecule has 0 atom stereocenters. The fourth-order valence-corrected chi connectivity index (χ4v) is 3.71. The Bertz CT molecular complexity index is 1450. The van der Waals surface area contributed by atoms with Crippen molar-refractivity contribution >= 4 is 27.8 Å². The minimum atomic E-state index is -0.0364. The average Bonchev–Trinajstić information content (AvgIpc) is 3.01. The van der Waals surface area contributed by atoms with Crippen molar-refractivity contribution in [3.05, 3.63) is 82.9 Å². The van der Waals surface area contributed by atoms with Crippen LogP contribution in [0.1, 0.15) is 5.56 Å². The quantitative estimate of drug-likeness (QED) is 0.503. The van der Waals surface area contributed by atoms with Gasteiger partial charge in [-0.05, 0) is 34.5 Å². The summed E-state index contributed by atoms with van der Waals surface area (Å²) >= 11 is 0. The number of aromatic nitrogens is 5. The molecular formula is C23H20N6O. The van der Waals surface area contributed by atoms with E-state index in [1.807, 2.05) is 36.4 Å². The Morgan fingerprint density at radius 3 is 2.57 bits per heavy atom. The van der Waals surface area contributed by atoms with Crippen molar-refractivity contribution in [1.29, 1.82) is 0 Å². The molecule has 0 saturated carbocycles. The van der Waals surface area contributed by atoms with Gasteiger partial charge in [0.25, 0.3) is 0 Å². The van der Waals surface area contributed by atoms with Crippen molar-refractivity contribution in [2.75, 3.05) is 5.32 Å². The molecule has 0 saturated heterocycles. The molecule has 1 N–H and O–H groups in total. The van der Waals surface area contributed by atoms with E-state index < -0.39 is 0 Å². The molecule has 0 amide bonds. The van der Waals surface area contributed by atoms with E-state index in [0.717, 1.165) is 33.2 Å². The van der Waals surface area contributed by atoms with Crippen molar-refractivity contribution < 1.29 is 0 Å². The van der Waals surface area contributed by atoms with Gasteiger partial charge in [0.1, 0.15) is 0 Å². The topological polar surface area (TPSA) is 77.6 Å². The maximum atomic E-state index is 12.1. The SMILES string of the molecule is Cn1c(=O)n(C)c2cc(CNc3nncc(-c4ccc5ccccc5c4)n3)ccc21. The Kier molecular flexibility index (Phi) is 4.28. The number of fused-ring (bicyclic) bond motifs is 2. The van der Waals surface area contributed by atoms with Gasteiger partial charge in [-0.15, -0.1) is 5.10 Å². The van der Waals surface area contributed by atoms with Crippen LogP contribution < -0.4 is 11.0 Å². The summed E-state index contributed by atoms with van der Waals surface area (Å²) in [6, 6.07) is 20.4. The smallest absolute Gasteiger partial charge is 0.328 e. The number of hydrogen-bond donors (Lipinski definition) is 1. The molecule has 3 aromatic carbocycles. The Hall–Kier alpha value is -4.00. The zero-order valence-electron chi connectivity index (χ0n) is 16.7. The van der Waals surface area contributed by atoms with E-state index in [-0.39, 0.29) is 5.69 Å². The molecule has 0 radical (unpaired) electrons. The van der Waals surface area contributed by atoms with Crippen LogP contribution in [-0.4, -0.2) is 24.3 Å². The van der Waals surface area contributed by atoms with E-state index in [9.17, 15) is 4.79 Å². The van der Waals surface area contributed by atoms with Gasteiger partial charge >= 0.3 is 5.69 Å². The molecule has 7 heteroatoms. The lowest BCUT2D eigenvalue weighted by atomic mass is 10.1. The largest absolute Gasteiger partial charge is 0.349 e. The van der Waals surface area contributed by atoms with Gasteiger partial charge in [0.2, 0.25) is 5.95 Å². The van der Waals surface area contributed by atoms with Crippen LogP contribution in [0.4, 0.5) is 5.95 Å². The number of benzene rings is 3. The summed E-state index contributed by atoms with van der Waals surface area (Å²) in [7, 11) is 3.56. The molecule has 30 heavy (non-hydrogen) atoms. The predicted octanol–water partition coefficient (Wildman–Crippen LogP) is 3.49. The van der Waals surface area contributed by atoms with Crippen molar-refractivity contribution in [2.24, 2.45) is 14.1 Å². The lowest BCUT2D eigenvalue weighted by molar-refractivity contribution is 0.795. The lowest BCUT2D eigenvalue weighted by Gasteiger charge is -2.07. The molecule has 0 aliphatic heterocycles. The second-order valence-electron chi connectivity index (χ2n) is 7.30. The zero-order valence-corrected chi connectivity index (χ0v) is 16.7. The summed E-state index contributed by atoms with van der Waals surface area (Å²) < 4.78 is 3.30. The highest BCUT2D eigenvalue weighted by Crippen LogP contribution is 2.23. The van der Waals surface area contributed by atoms with E-state index in [4.69, 9.17) is 0 Å². The molecule has 0 fully saturated rings. The summed E-state index contributed by atoms with van der Waals surface area (Å²) in [5.41, 5.74) is 4.55. The normalized spacial score (nSPS) is 11.3. The molecule has 2 aromatic heterocycles. The zero-order chi connectivity index (χ0) is 20.7. The number of hydrogen-bond acceptors (Lipinski definition) is 5. The summed E-state index contributed by atoms with van der Waals surface area (Å²) in [6.45, 7) is 0.530. The predicted molar refractivity (Wildman–Crippen MR) is 118 cm³/mol. The maximum absolute atomic E-state index is 12.1. The molecule has 5 rings (SSSR count). The first-order valence-electron chi connectivity index (χ1n) is 9.67. The average molecular weight is 396 g/mol. The molecule has 0 unspecified atom stereocenters. The van der Waals surface area contributed by atoms with E-state index in [2.05, 4.69) is 44.8 Å². The van der Waals surface area contributed by atoms with Gasteiger partial charge in [-0.3, -0.25) is 9.13 Å². The molecular weight excluding hydrogens is 376 g/mol. The summed E-state index contributed by atoms with van der Waals surface area (Å²) in [5, 5.41) is 13.8. The van der Waals surface area contributed by atoms with Crippen LogP contribution in [0.25, 0.3) is 33.1 Å². The maximum Gasteiger partial charge on any atom is 0.328 e. The van der Waals surface area contributed by atoms with Crippen LogP contribution in [0.3, 0.4) is 0 Å². The molecule has 148 valence electrons. The highest BCUT2D eigenvalue weighted by Gasteiger charge is 2.09. The van der Waals surface area contributed by atoms with Crippen LogP contribution in [0.2, 0.25) is 0 Å². The third-order valence-electron chi connectivity index (χ3n) is 5.39. The van der Waals surface area contributed by atoms with Crippen LogP contribution in [0, 0.1) is 0 Å². The van der Waals surface area contributed by atoms with Crippen LogP contribution in [0.5, 0.6) is 0 Å². The fraction of sp³-hybridized carbons (Fsp3) is 0.130. The second kappa shape index (κ2) is 7.11. The van der Waals surface area contributed by atoms with Crippen LogP contribution >= 0.6 is 0 Å². The van der Waals surface area contributed by atoms with E-state index >= 15 is 0 Å². The first-order valence-corrected chi connectivity index (χ1v) is 9.67. The van der Waals surface area contributed by atoms with Gasteiger partial charge < -0.3 is 5.32 Å². The van der Waals surface area contributed by atoms with Crippen molar-refractivity contribution in [3.8, 4) is 11.3 Å². The number of anilines is 1. The second-order valence-corrected chi connectivity index (χ2v) is 7.30. The molecule has 7 nitrogen and oxygen atoms in total. The fourth-order valence-electron chi connectivity index (χ4n) is 3.71. The Balaban J connectivity index is 1.40. The Labute approximate surface area is 172 Å².